The van der Waals surface area contributed by atoms with Gasteiger partial charge in [0.05, 0.1) is 0 Å². The van der Waals surface area contributed by atoms with Crippen molar-refractivity contribution < 1.29 is 4.42 Å². The third kappa shape index (κ3) is 2.54. The largest absolute Gasteiger partial charge is 0.453 e. The van der Waals surface area contributed by atoms with Crippen LogP contribution in [0.1, 0.15) is 19.4 Å². The van der Waals surface area contributed by atoms with Crippen LogP contribution in [0.3, 0.4) is 0 Å². The van der Waals surface area contributed by atoms with Gasteiger partial charge in [0.1, 0.15) is 11.2 Å². The molecular formula is C21H20N2O2. The fourth-order valence-corrected chi connectivity index (χ4v) is 3.36. The average molecular weight is 332 g/mol. The summed E-state index contributed by atoms with van der Waals surface area (Å²) in [7, 11) is 0. The van der Waals surface area contributed by atoms with Crippen LogP contribution in [0.4, 0.5) is 5.69 Å². The van der Waals surface area contributed by atoms with Crippen LogP contribution >= 0.6 is 0 Å². The van der Waals surface area contributed by atoms with E-state index in [9.17, 15) is 4.79 Å². The lowest BCUT2D eigenvalue weighted by Gasteiger charge is -2.21. The maximum absolute atomic E-state index is 12.4. The molecule has 0 spiro atoms. The van der Waals surface area contributed by atoms with E-state index in [2.05, 4.69) is 24.8 Å². The quantitative estimate of drug-likeness (QED) is 0.406. The van der Waals surface area contributed by atoms with E-state index in [0.29, 0.717) is 16.7 Å². The normalized spacial score (nSPS) is 11.5. The van der Waals surface area contributed by atoms with Crippen molar-refractivity contribution in [2.24, 2.45) is 0 Å². The van der Waals surface area contributed by atoms with Gasteiger partial charge in [0.2, 0.25) is 0 Å². The summed E-state index contributed by atoms with van der Waals surface area (Å²) in [6, 6.07) is 13.4. The molecule has 0 aromatic heterocycles. The highest BCUT2D eigenvalue weighted by Crippen LogP contribution is 2.32. The predicted molar refractivity (Wildman–Crippen MR) is 103 cm³/mol. The molecule has 4 rings (SSSR count). The second-order valence-corrected chi connectivity index (χ2v) is 6.31. The van der Waals surface area contributed by atoms with Gasteiger partial charge in [-0.15, -0.1) is 0 Å². The lowest BCUT2D eigenvalue weighted by atomic mass is 10.0. The Balaban J connectivity index is 2.03. The number of aryl methyl sites for hydroxylation is 1. The van der Waals surface area contributed by atoms with Crippen LogP contribution in [0.25, 0.3) is 33.3 Å². The number of aromatic nitrogens is 1. The van der Waals surface area contributed by atoms with E-state index < -0.39 is 0 Å². The SMILES string of the molecule is CCN(CC)c1ccc2nc3c4cc(C)ccc4c(=O)cc-3oc2c1. The summed E-state index contributed by atoms with van der Waals surface area (Å²) in [5.74, 6) is 0.535. The maximum Gasteiger partial charge on any atom is 0.190 e. The minimum atomic E-state index is -0.0349. The van der Waals surface area contributed by atoms with Crippen LogP contribution in [-0.2, 0) is 0 Å². The smallest absolute Gasteiger partial charge is 0.190 e. The van der Waals surface area contributed by atoms with Gasteiger partial charge < -0.3 is 9.32 Å². The van der Waals surface area contributed by atoms with Crippen molar-refractivity contribution in [2.45, 2.75) is 20.8 Å². The van der Waals surface area contributed by atoms with Gasteiger partial charge in [-0.1, -0.05) is 17.7 Å². The third-order valence-electron chi connectivity index (χ3n) is 4.72. The Morgan fingerprint density at radius 3 is 2.56 bits per heavy atom. The maximum atomic E-state index is 12.4. The Bertz CT molecular complexity index is 1110. The first-order chi connectivity index (χ1) is 12.1. The number of rotatable bonds is 3. The van der Waals surface area contributed by atoms with E-state index in [4.69, 9.17) is 9.40 Å². The molecule has 126 valence electrons. The number of nitrogens with zero attached hydrogens (tertiary/aromatic N) is 2. The van der Waals surface area contributed by atoms with Crippen LogP contribution in [-0.4, -0.2) is 18.1 Å². The lowest BCUT2D eigenvalue weighted by molar-refractivity contribution is 0.613. The van der Waals surface area contributed by atoms with E-state index in [1.54, 1.807) is 6.07 Å². The van der Waals surface area contributed by atoms with E-state index in [-0.39, 0.29) is 5.43 Å². The monoisotopic (exact) mass is 332 g/mol. The van der Waals surface area contributed by atoms with Crippen LogP contribution in [0.5, 0.6) is 0 Å². The molecule has 0 fully saturated rings. The Kier molecular flexibility index (Phi) is 3.68. The van der Waals surface area contributed by atoms with Crippen LogP contribution in [0, 0.1) is 6.92 Å². The summed E-state index contributed by atoms with van der Waals surface area (Å²) in [4.78, 5) is 19.5. The van der Waals surface area contributed by atoms with Gasteiger partial charge in [0.15, 0.2) is 16.8 Å². The molecule has 0 N–H and O–H groups in total. The summed E-state index contributed by atoms with van der Waals surface area (Å²) >= 11 is 0. The molecule has 25 heavy (non-hydrogen) atoms. The standard InChI is InChI=1S/C21H20N2O2/c1-4-23(5-2)14-7-9-17-19(11-14)25-20-12-18(24)15-8-6-13(3)10-16(15)21(20)22-17/h6-12H,4-5H2,1-3H3. The molecule has 0 radical (unpaired) electrons. The van der Waals surface area contributed by atoms with Gasteiger partial charge in [-0.05, 0) is 39.0 Å². The number of benzene rings is 3. The number of hydrogen-bond acceptors (Lipinski definition) is 4. The zero-order valence-electron chi connectivity index (χ0n) is 14.7. The Morgan fingerprint density at radius 1 is 1.00 bits per heavy atom. The van der Waals surface area contributed by atoms with Crippen molar-refractivity contribution in [3.05, 3.63) is 58.3 Å². The van der Waals surface area contributed by atoms with Crippen LogP contribution < -0.4 is 10.3 Å². The summed E-state index contributed by atoms with van der Waals surface area (Å²) in [6.45, 7) is 8.12. The Morgan fingerprint density at radius 2 is 1.80 bits per heavy atom. The molecule has 2 aromatic carbocycles. The van der Waals surface area contributed by atoms with Crippen molar-refractivity contribution in [3.63, 3.8) is 0 Å². The van der Waals surface area contributed by atoms with Gasteiger partial charge in [0, 0.05) is 41.7 Å². The predicted octanol–water partition coefficient (Wildman–Crippen LogP) is 4.60. The number of anilines is 1. The molecule has 0 saturated carbocycles. The first-order valence-electron chi connectivity index (χ1n) is 8.63. The molecule has 2 aromatic rings. The van der Waals surface area contributed by atoms with E-state index in [1.165, 1.54) is 0 Å². The van der Waals surface area contributed by atoms with Gasteiger partial charge in [-0.25, -0.2) is 4.98 Å². The van der Waals surface area contributed by atoms with Crippen molar-refractivity contribution in [1.82, 2.24) is 4.98 Å². The summed E-state index contributed by atoms with van der Waals surface area (Å²) in [5, 5.41) is 1.53. The first kappa shape index (κ1) is 15.6. The zero-order chi connectivity index (χ0) is 17.6. The van der Waals surface area contributed by atoms with Crippen LogP contribution in [0.2, 0.25) is 0 Å². The zero-order valence-corrected chi connectivity index (χ0v) is 14.7. The lowest BCUT2D eigenvalue weighted by Crippen LogP contribution is -2.21. The third-order valence-corrected chi connectivity index (χ3v) is 4.72. The molecule has 0 saturated heterocycles. The molecule has 0 unspecified atom stereocenters. The minimum Gasteiger partial charge on any atom is -0.453 e. The molecule has 4 nitrogen and oxygen atoms in total. The van der Waals surface area contributed by atoms with Crippen molar-refractivity contribution in [3.8, 4) is 11.5 Å². The molecular weight excluding hydrogens is 312 g/mol. The Labute approximate surface area is 146 Å². The summed E-state index contributed by atoms with van der Waals surface area (Å²) in [6.07, 6.45) is 0. The fourth-order valence-electron chi connectivity index (χ4n) is 3.36. The second kappa shape index (κ2) is 5.88. The molecule has 4 heteroatoms. The van der Waals surface area contributed by atoms with E-state index >= 15 is 0 Å². The highest BCUT2D eigenvalue weighted by atomic mass is 16.3. The van der Waals surface area contributed by atoms with Gasteiger partial charge >= 0.3 is 0 Å². The van der Waals surface area contributed by atoms with Gasteiger partial charge in [-0.3, -0.25) is 4.79 Å². The highest BCUT2D eigenvalue weighted by molar-refractivity contribution is 5.97. The highest BCUT2D eigenvalue weighted by Gasteiger charge is 2.16. The molecule has 0 atom stereocenters. The molecule has 1 heterocycles. The molecule has 2 aliphatic rings. The van der Waals surface area contributed by atoms with Gasteiger partial charge in [-0.2, -0.15) is 0 Å². The summed E-state index contributed by atoms with van der Waals surface area (Å²) < 4.78 is 6.07. The second-order valence-electron chi connectivity index (χ2n) is 6.31. The first-order valence-corrected chi connectivity index (χ1v) is 8.63. The minimum absolute atomic E-state index is 0.0349. The molecule has 1 aliphatic heterocycles. The van der Waals surface area contributed by atoms with Crippen molar-refractivity contribution in [2.75, 3.05) is 18.0 Å². The van der Waals surface area contributed by atoms with Crippen molar-refractivity contribution in [1.29, 1.82) is 0 Å². The molecule has 0 amide bonds. The van der Waals surface area contributed by atoms with Crippen LogP contribution in [0.15, 0.2) is 51.7 Å². The molecule has 1 aliphatic carbocycles. The number of hydrogen-bond donors (Lipinski definition) is 0. The Hall–Kier alpha value is -2.88. The van der Waals surface area contributed by atoms with E-state index in [0.717, 1.165) is 40.9 Å². The summed E-state index contributed by atoms with van der Waals surface area (Å²) in [5.41, 5.74) is 4.39. The average Bonchev–Trinajstić information content (AvgIpc) is 2.61. The molecule has 0 bridgehead atoms. The number of fused-ring (bicyclic) bond motifs is 4. The van der Waals surface area contributed by atoms with E-state index in [1.807, 2.05) is 37.3 Å². The topological polar surface area (TPSA) is 46.3 Å². The fraction of sp³-hybridized carbons (Fsp3) is 0.238. The van der Waals surface area contributed by atoms with Gasteiger partial charge in [0.25, 0.3) is 0 Å². The van der Waals surface area contributed by atoms with Crippen molar-refractivity contribution >= 4 is 27.6 Å².